The first-order chi connectivity index (χ1) is 18.3. The zero-order valence-electron chi connectivity index (χ0n) is 21.0. The van der Waals surface area contributed by atoms with E-state index in [-0.39, 0.29) is 12.1 Å². The van der Waals surface area contributed by atoms with Crippen LogP contribution in [0, 0.1) is 18.4 Å². The molecule has 3 aromatic rings. The minimum absolute atomic E-state index is 0.203. The van der Waals surface area contributed by atoms with Gasteiger partial charge in [0.2, 0.25) is 5.96 Å². The van der Waals surface area contributed by atoms with E-state index in [1.165, 1.54) is 0 Å². The highest BCUT2D eigenvalue weighted by atomic mass is 35.5. The van der Waals surface area contributed by atoms with Crippen molar-refractivity contribution in [3.8, 4) is 6.19 Å². The van der Waals surface area contributed by atoms with Gasteiger partial charge in [-0.15, -0.1) is 0 Å². The number of carboxylic acid groups (broad SMARTS) is 1. The summed E-state index contributed by atoms with van der Waals surface area (Å²) in [6.07, 6.45) is 3.69. The highest BCUT2D eigenvalue weighted by Crippen LogP contribution is 2.27. The number of pyridine rings is 1. The normalized spacial score (nSPS) is 15.0. The minimum atomic E-state index is -0.833. The van der Waals surface area contributed by atoms with Crippen LogP contribution in [0.4, 0.5) is 16.2 Å². The predicted octanol–water partition coefficient (Wildman–Crippen LogP) is 4.78. The zero-order valence-corrected chi connectivity index (χ0v) is 21.8. The lowest BCUT2D eigenvalue weighted by atomic mass is 10.0. The van der Waals surface area contributed by atoms with Gasteiger partial charge in [-0.1, -0.05) is 41.9 Å². The van der Waals surface area contributed by atoms with Gasteiger partial charge < -0.3 is 20.2 Å². The Bertz CT molecular complexity index is 1310. The summed E-state index contributed by atoms with van der Waals surface area (Å²) >= 11 is 5.97. The van der Waals surface area contributed by atoms with E-state index in [1.807, 2.05) is 60.5 Å². The molecule has 1 aromatic heterocycles. The molecule has 0 bridgehead atoms. The van der Waals surface area contributed by atoms with E-state index in [0.717, 1.165) is 18.2 Å². The van der Waals surface area contributed by atoms with Gasteiger partial charge in [0, 0.05) is 43.5 Å². The van der Waals surface area contributed by atoms with Crippen LogP contribution in [-0.2, 0) is 4.79 Å². The molecule has 0 saturated carbocycles. The predicted molar refractivity (Wildman–Crippen MR) is 146 cm³/mol. The molecule has 38 heavy (non-hydrogen) atoms. The first-order valence-corrected chi connectivity index (χ1v) is 12.1. The zero-order chi connectivity index (χ0) is 27.5. The molecule has 1 atom stereocenters. The third kappa shape index (κ3) is 7.94. The fraction of sp³-hybridized carbons (Fsp3) is 0.222. The number of aryl methyl sites for hydroxylation is 1. The number of aliphatic carboxylic acids is 1. The van der Waals surface area contributed by atoms with Crippen LogP contribution in [0.15, 0.2) is 77.9 Å². The lowest BCUT2D eigenvalue weighted by Gasteiger charge is -2.42. The van der Waals surface area contributed by atoms with Crippen molar-refractivity contribution in [1.82, 2.24) is 20.1 Å². The maximum atomic E-state index is 13.2. The van der Waals surface area contributed by atoms with Crippen LogP contribution in [0.1, 0.15) is 24.2 Å². The molecule has 11 heteroatoms. The van der Waals surface area contributed by atoms with Crippen molar-refractivity contribution in [1.29, 1.82) is 5.26 Å². The third-order valence-electron chi connectivity index (χ3n) is 5.59. The fourth-order valence-corrected chi connectivity index (χ4v) is 3.97. The number of halogens is 1. The standard InChI is InChI=1S/C25H24ClN7O.C2H4O2/c1-18-22(8-5-13-28-18)31-24(29-17-27)32-14-15-33(23(16-32)19-6-3-2-4-7-19)25(34)30-21-11-9-20(26)10-12-21;1-2(3)4/h2-13,23H,14-16H2,1H3,(H,29,31)(H,30,34);1H3,(H,3,4). The number of carbonyl (C=O) groups is 2. The molecule has 1 unspecified atom stereocenters. The van der Waals surface area contributed by atoms with Gasteiger partial charge in [-0.2, -0.15) is 5.26 Å². The van der Waals surface area contributed by atoms with E-state index in [0.29, 0.717) is 42.0 Å². The summed E-state index contributed by atoms with van der Waals surface area (Å²) in [4.78, 5) is 35.0. The van der Waals surface area contributed by atoms with Crippen molar-refractivity contribution in [2.75, 3.05) is 25.0 Å². The second kappa shape index (κ2) is 13.6. The lowest BCUT2D eigenvalue weighted by Crippen LogP contribution is -2.55. The summed E-state index contributed by atoms with van der Waals surface area (Å²) in [6.45, 7) is 4.36. The molecule has 2 amide bonds. The number of carboxylic acids is 1. The number of anilines is 1. The Balaban J connectivity index is 0.000000934. The molecule has 196 valence electrons. The first kappa shape index (κ1) is 28.0. The van der Waals surface area contributed by atoms with Gasteiger partial charge in [0.25, 0.3) is 5.97 Å². The van der Waals surface area contributed by atoms with Crippen molar-refractivity contribution in [3.05, 3.63) is 89.2 Å². The summed E-state index contributed by atoms with van der Waals surface area (Å²) in [7, 11) is 0. The van der Waals surface area contributed by atoms with Crippen molar-refractivity contribution in [2.24, 2.45) is 4.99 Å². The van der Waals surface area contributed by atoms with Gasteiger partial charge in [0.1, 0.15) is 0 Å². The van der Waals surface area contributed by atoms with Gasteiger partial charge in [-0.05, 0) is 48.9 Å². The van der Waals surface area contributed by atoms with Crippen LogP contribution in [0.25, 0.3) is 0 Å². The van der Waals surface area contributed by atoms with Crippen molar-refractivity contribution >= 4 is 40.9 Å². The summed E-state index contributed by atoms with van der Waals surface area (Å²) in [5.74, 6) is -0.405. The van der Waals surface area contributed by atoms with Crippen LogP contribution >= 0.6 is 11.6 Å². The average Bonchev–Trinajstić information content (AvgIpc) is 2.91. The number of hydrogen-bond donors (Lipinski definition) is 3. The molecular formula is C27H28ClN7O3. The van der Waals surface area contributed by atoms with Crippen LogP contribution in [0.5, 0.6) is 0 Å². The molecule has 1 fully saturated rings. The SMILES string of the molecule is CC(=O)O.Cc1ncccc1N=C(NC#N)N1CCN(C(=O)Nc2ccc(Cl)cc2)C(c2ccccc2)C1. The number of carbonyl (C=O) groups excluding carboxylic acids is 1. The molecule has 1 aliphatic heterocycles. The third-order valence-corrected chi connectivity index (χ3v) is 5.85. The van der Waals surface area contributed by atoms with E-state index >= 15 is 0 Å². The number of amides is 2. The number of aliphatic imine (C=N–C) groups is 1. The van der Waals surface area contributed by atoms with Crippen LogP contribution < -0.4 is 10.6 Å². The number of piperazine rings is 1. The molecular weight excluding hydrogens is 506 g/mol. The molecule has 1 aliphatic rings. The maximum Gasteiger partial charge on any atom is 0.322 e. The smallest absolute Gasteiger partial charge is 0.322 e. The Morgan fingerprint density at radius 1 is 1.11 bits per heavy atom. The Hall–Kier alpha value is -4.62. The molecule has 2 heterocycles. The first-order valence-electron chi connectivity index (χ1n) is 11.8. The van der Waals surface area contributed by atoms with E-state index in [9.17, 15) is 10.1 Å². The van der Waals surface area contributed by atoms with Crippen LogP contribution in [-0.4, -0.2) is 57.5 Å². The molecule has 1 saturated heterocycles. The van der Waals surface area contributed by atoms with Gasteiger partial charge in [0.05, 0.1) is 17.4 Å². The van der Waals surface area contributed by atoms with E-state index in [2.05, 4.69) is 20.6 Å². The largest absolute Gasteiger partial charge is 0.481 e. The number of nitrogens with zero attached hydrogens (tertiary/aromatic N) is 5. The van der Waals surface area contributed by atoms with Gasteiger partial charge in [-0.3, -0.25) is 15.1 Å². The molecule has 10 nitrogen and oxygen atoms in total. The van der Waals surface area contributed by atoms with E-state index in [4.69, 9.17) is 21.5 Å². The van der Waals surface area contributed by atoms with Crippen molar-refractivity contribution in [2.45, 2.75) is 19.9 Å². The molecule has 0 radical (unpaired) electrons. The minimum Gasteiger partial charge on any atom is -0.481 e. The van der Waals surface area contributed by atoms with Crippen LogP contribution in [0.3, 0.4) is 0 Å². The van der Waals surface area contributed by atoms with Crippen LogP contribution in [0.2, 0.25) is 5.02 Å². The Labute approximate surface area is 226 Å². The molecule has 4 rings (SSSR count). The Morgan fingerprint density at radius 3 is 2.42 bits per heavy atom. The summed E-state index contributed by atoms with van der Waals surface area (Å²) in [6, 6.07) is 20.1. The van der Waals surface area contributed by atoms with E-state index in [1.54, 1.807) is 35.4 Å². The van der Waals surface area contributed by atoms with Crippen molar-refractivity contribution in [3.63, 3.8) is 0 Å². The van der Waals surface area contributed by atoms with Gasteiger partial charge in [-0.25, -0.2) is 9.79 Å². The topological polar surface area (TPSA) is 134 Å². The number of urea groups is 1. The number of nitrogens with one attached hydrogen (secondary N) is 2. The number of aromatic nitrogens is 1. The number of nitriles is 1. The average molecular weight is 534 g/mol. The lowest BCUT2D eigenvalue weighted by molar-refractivity contribution is -0.134. The quantitative estimate of drug-likeness (QED) is 0.191. The molecule has 3 N–H and O–H groups in total. The summed E-state index contributed by atoms with van der Waals surface area (Å²) < 4.78 is 0. The number of hydrogen-bond acceptors (Lipinski definition) is 5. The highest BCUT2D eigenvalue weighted by Gasteiger charge is 2.33. The summed E-state index contributed by atoms with van der Waals surface area (Å²) in [5, 5.41) is 23.0. The number of guanidine groups is 1. The Kier molecular flexibility index (Phi) is 10.0. The van der Waals surface area contributed by atoms with Crippen molar-refractivity contribution < 1.29 is 14.7 Å². The second-order valence-corrected chi connectivity index (χ2v) is 8.74. The maximum absolute atomic E-state index is 13.2. The highest BCUT2D eigenvalue weighted by molar-refractivity contribution is 6.30. The fourth-order valence-electron chi connectivity index (χ4n) is 3.84. The monoisotopic (exact) mass is 533 g/mol. The van der Waals surface area contributed by atoms with Gasteiger partial charge >= 0.3 is 6.03 Å². The molecule has 0 spiro atoms. The Morgan fingerprint density at radius 2 is 1.79 bits per heavy atom. The van der Waals surface area contributed by atoms with Gasteiger partial charge in [0.15, 0.2) is 6.19 Å². The molecule has 2 aromatic carbocycles. The number of rotatable bonds is 3. The summed E-state index contributed by atoms with van der Waals surface area (Å²) in [5.41, 5.74) is 3.11. The van der Waals surface area contributed by atoms with E-state index < -0.39 is 5.97 Å². The molecule has 0 aliphatic carbocycles. The second-order valence-electron chi connectivity index (χ2n) is 8.30. The number of benzene rings is 2.